The number of oxime groups is 1. The van der Waals surface area contributed by atoms with Crippen LogP contribution in [-0.2, 0) is 9.59 Å². The Hall–Kier alpha value is -2.33. The first kappa shape index (κ1) is 16.5. The zero-order chi connectivity index (χ0) is 17.4. The van der Waals surface area contributed by atoms with E-state index in [4.69, 9.17) is 10.9 Å². The van der Waals surface area contributed by atoms with Crippen molar-refractivity contribution in [1.82, 2.24) is 15.2 Å². The van der Waals surface area contributed by atoms with Gasteiger partial charge in [0.2, 0.25) is 0 Å². The molecule has 2 aliphatic rings. The molecule has 8 nitrogen and oxygen atoms in total. The van der Waals surface area contributed by atoms with Crippen LogP contribution in [0.2, 0.25) is 0 Å². The molecule has 0 aromatic carbocycles. The monoisotopic (exact) mass is 365 g/mol. The van der Waals surface area contributed by atoms with Crippen LogP contribution in [-0.4, -0.2) is 49.8 Å². The summed E-state index contributed by atoms with van der Waals surface area (Å²) in [5.74, 6) is -0.148. The van der Waals surface area contributed by atoms with Gasteiger partial charge in [-0.2, -0.15) is 0 Å². The van der Waals surface area contributed by atoms with E-state index in [0.717, 1.165) is 28.4 Å². The van der Waals surface area contributed by atoms with Gasteiger partial charge in [0, 0.05) is 16.8 Å². The minimum absolute atomic E-state index is 0.169. The molecule has 1 saturated heterocycles. The molecule has 0 bridgehead atoms. The lowest BCUT2D eigenvalue weighted by Crippen LogP contribution is -2.70. The summed E-state index contributed by atoms with van der Waals surface area (Å²) in [6.07, 6.45) is 1.74. The molecule has 0 saturated carbocycles. The van der Waals surface area contributed by atoms with E-state index in [-0.39, 0.29) is 27.8 Å². The fourth-order valence-electron chi connectivity index (χ4n) is 2.58. The Morgan fingerprint density at radius 3 is 3.00 bits per heavy atom. The van der Waals surface area contributed by atoms with Crippen LogP contribution in [0.4, 0.5) is 5.13 Å². The van der Waals surface area contributed by atoms with Crippen LogP contribution in [0.5, 0.6) is 0 Å². The Morgan fingerprint density at radius 1 is 1.67 bits per heavy atom. The number of nitrogens with one attached hydrogen (secondary N) is 1. The maximum Gasteiger partial charge on any atom is 0.276 e. The van der Waals surface area contributed by atoms with Crippen LogP contribution in [0, 0.1) is 0 Å². The molecule has 2 atom stereocenters. The van der Waals surface area contributed by atoms with Crippen LogP contribution in [0.1, 0.15) is 12.6 Å². The number of aromatic nitrogens is 1. The number of carbonyl (C=O) groups excluding carboxylic acids is 2. The lowest BCUT2D eigenvalue weighted by atomic mass is 10.0. The summed E-state index contributed by atoms with van der Waals surface area (Å²) in [6.45, 7) is 5.60. The van der Waals surface area contributed by atoms with E-state index in [1.165, 1.54) is 5.38 Å². The van der Waals surface area contributed by atoms with Crippen molar-refractivity contribution in [3.8, 4) is 0 Å². The Morgan fingerprint density at radius 2 is 2.42 bits per heavy atom. The summed E-state index contributed by atoms with van der Waals surface area (Å²) in [6, 6.07) is -0.670. The number of β-lactam (4-membered cyclic amide) rings is 1. The molecule has 1 fully saturated rings. The largest absolute Gasteiger partial charge is 0.410 e. The van der Waals surface area contributed by atoms with Gasteiger partial charge in [-0.05, 0) is 12.5 Å². The first-order valence-electron chi connectivity index (χ1n) is 6.99. The van der Waals surface area contributed by atoms with Gasteiger partial charge in [-0.1, -0.05) is 17.8 Å². The van der Waals surface area contributed by atoms with Crippen molar-refractivity contribution >= 4 is 45.8 Å². The second-order valence-electron chi connectivity index (χ2n) is 5.20. The topological polar surface area (TPSA) is 121 Å². The van der Waals surface area contributed by atoms with Gasteiger partial charge >= 0.3 is 0 Å². The molecule has 0 spiro atoms. The van der Waals surface area contributed by atoms with Gasteiger partial charge in [-0.15, -0.1) is 23.1 Å². The van der Waals surface area contributed by atoms with Gasteiger partial charge in [-0.25, -0.2) is 4.98 Å². The van der Waals surface area contributed by atoms with Gasteiger partial charge in [-0.3, -0.25) is 14.5 Å². The summed E-state index contributed by atoms with van der Waals surface area (Å²) < 4.78 is 0. The molecular weight excluding hydrogens is 350 g/mol. The molecule has 0 unspecified atom stereocenters. The fourth-order valence-corrected chi connectivity index (χ4v) is 4.60. The molecule has 4 N–H and O–H groups in total. The van der Waals surface area contributed by atoms with Crippen molar-refractivity contribution in [2.45, 2.75) is 18.3 Å². The highest BCUT2D eigenvalue weighted by atomic mass is 32.2. The first-order valence-corrected chi connectivity index (χ1v) is 8.92. The average molecular weight is 365 g/mol. The second kappa shape index (κ2) is 6.29. The number of nitrogen functional groups attached to an aromatic ring is 1. The predicted octanol–water partition coefficient (Wildman–Crippen LogP) is 0.763. The SMILES string of the molecule is C=CC1=C(C)N2C(=O)[C@@H](NC(=O)/C(=N\O)c3csc(N)n3)[C@H]2SC1. The second-order valence-corrected chi connectivity index (χ2v) is 7.19. The van der Waals surface area contributed by atoms with Crippen molar-refractivity contribution in [3.05, 3.63) is 35.0 Å². The number of thiazole rings is 1. The molecular formula is C14H15N5O3S2. The smallest absolute Gasteiger partial charge is 0.276 e. The quantitative estimate of drug-likeness (QED) is 0.314. The molecule has 2 aliphatic heterocycles. The normalized spacial score (nSPS) is 23.6. The number of fused-ring (bicyclic) bond motifs is 1. The van der Waals surface area contributed by atoms with Crippen molar-refractivity contribution in [2.24, 2.45) is 5.16 Å². The molecule has 10 heteroatoms. The van der Waals surface area contributed by atoms with Crippen LogP contribution in [0.15, 0.2) is 34.5 Å². The lowest BCUT2D eigenvalue weighted by Gasteiger charge is -2.49. The Kier molecular flexibility index (Phi) is 4.33. The molecule has 3 rings (SSSR count). The maximum atomic E-state index is 12.3. The number of anilines is 1. The number of carbonyl (C=O) groups is 2. The number of thioether (sulfide) groups is 1. The summed E-state index contributed by atoms with van der Waals surface area (Å²) in [4.78, 5) is 30.2. The third-order valence-corrected chi connectivity index (χ3v) is 5.87. The van der Waals surface area contributed by atoms with Gasteiger partial charge < -0.3 is 16.3 Å². The van der Waals surface area contributed by atoms with Crippen molar-refractivity contribution in [2.75, 3.05) is 11.5 Å². The number of hydrogen-bond acceptors (Lipinski definition) is 8. The zero-order valence-corrected chi connectivity index (χ0v) is 14.4. The number of hydrogen-bond donors (Lipinski definition) is 3. The molecule has 1 aromatic rings. The van der Waals surface area contributed by atoms with Crippen LogP contribution < -0.4 is 11.1 Å². The van der Waals surface area contributed by atoms with Gasteiger partial charge in [0.1, 0.15) is 17.1 Å². The highest BCUT2D eigenvalue weighted by Crippen LogP contribution is 2.40. The van der Waals surface area contributed by atoms with Gasteiger partial charge in [0.15, 0.2) is 10.8 Å². The van der Waals surface area contributed by atoms with Crippen molar-refractivity contribution in [1.29, 1.82) is 0 Å². The number of rotatable bonds is 4. The zero-order valence-electron chi connectivity index (χ0n) is 12.7. The van der Waals surface area contributed by atoms with Crippen molar-refractivity contribution in [3.63, 3.8) is 0 Å². The van der Waals surface area contributed by atoms with Gasteiger partial charge in [0.25, 0.3) is 11.8 Å². The highest BCUT2D eigenvalue weighted by molar-refractivity contribution is 8.00. The summed E-state index contributed by atoms with van der Waals surface area (Å²) in [7, 11) is 0. The maximum absolute atomic E-state index is 12.3. The van der Waals surface area contributed by atoms with E-state index in [9.17, 15) is 9.59 Å². The minimum Gasteiger partial charge on any atom is -0.410 e. The third kappa shape index (κ3) is 2.57. The molecule has 1 aromatic heterocycles. The number of nitrogens with zero attached hydrogens (tertiary/aromatic N) is 3. The molecule has 2 amide bonds. The Labute approximate surface area is 146 Å². The van der Waals surface area contributed by atoms with E-state index >= 15 is 0 Å². The number of allylic oxidation sites excluding steroid dienone is 2. The lowest BCUT2D eigenvalue weighted by molar-refractivity contribution is -0.144. The molecule has 0 aliphatic carbocycles. The molecule has 3 heterocycles. The molecule has 24 heavy (non-hydrogen) atoms. The first-order chi connectivity index (χ1) is 11.5. The van der Waals surface area contributed by atoms with E-state index in [1.54, 1.807) is 22.7 Å². The predicted molar refractivity (Wildman–Crippen MR) is 92.8 cm³/mol. The minimum atomic E-state index is -0.670. The third-order valence-electron chi connectivity index (χ3n) is 3.89. The molecule has 126 valence electrons. The highest BCUT2D eigenvalue weighted by Gasteiger charge is 2.51. The Bertz CT molecular complexity index is 785. The summed E-state index contributed by atoms with van der Waals surface area (Å²) in [5.41, 5.74) is 7.28. The van der Waals surface area contributed by atoms with E-state index in [1.807, 2.05) is 6.92 Å². The number of nitrogens with two attached hydrogens (primary N) is 1. The van der Waals surface area contributed by atoms with Crippen molar-refractivity contribution < 1.29 is 14.8 Å². The standard InChI is InChI=1S/C14H15N5O3S2/c1-3-7-4-23-13-10(12(21)19(13)6(7)2)17-11(20)9(18-22)8-5-24-14(15)16-8/h3,5,10,13,22H,1,4H2,2H3,(H2,15,16)(H,17,20)/b18-9-/t10-,13-/m1/s1. The number of amides is 2. The van der Waals surface area contributed by atoms with Gasteiger partial charge in [0.05, 0.1) is 0 Å². The van der Waals surface area contributed by atoms with E-state index in [2.05, 4.69) is 22.0 Å². The Balaban J connectivity index is 1.74. The van der Waals surface area contributed by atoms with Crippen LogP contribution in [0.25, 0.3) is 0 Å². The van der Waals surface area contributed by atoms with E-state index < -0.39 is 11.9 Å². The fraction of sp³-hybridized carbons (Fsp3) is 0.286. The summed E-state index contributed by atoms with van der Waals surface area (Å²) >= 11 is 2.67. The van der Waals surface area contributed by atoms with Crippen LogP contribution in [0.3, 0.4) is 0 Å². The summed E-state index contributed by atoms with van der Waals surface area (Å²) in [5, 5.41) is 16.3. The molecule has 0 radical (unpaired) electrons. The average Bonchev–Trinajstić information content (AvgIpc) is 2.98. The van der Waals surface area contributed by atoms with Crippen LogP contribution >= 0.6 is 23.1 Å². The van der Waals surface area contributed by atoms with E-state index in [0.29, 0.717) is 0 Å².